The Morgan fingerprint density at radius 2 is 2.21 bits per heavy atom. The maximum Gasteiger partial charge on any atom is 0.269 e. The Bertz CT molecular complexity index is 449. The number of carbonyl (C=O) groups excluding carboxylic acids is 1. The highest BCUT2D eigenvalue weighted by atomic mass is 16.6. The minimum atomic E-state index is -0.426. The molecule has 0 radical (unpaired) electrons. The van der Waals surface area contributed by atoms with Crippen molar-refractivity contribution in [3.05, 3.63) is 39.9 Å². The summed E-state index contributed by atoms with van der Waals surface area (Å²) >= 11 is 0. The van der Waals surface area contributed by atoms with Crippen LogP contribution in [-0.4, -0.2) is 23.9 Å². The molecule has 1 aromatic rings. The number of nitrogens with zero attached hydrogens (tertiary/aromatic N) is 1. The molecule has 19 heavy (non-hydrogen) atoms. The maximum absolute atomic E-state index is 11.4. The molecule has 1 rings (SSSR count). The van der Waals surface area contributed by atoms with Gasteiger partial charge in [-0.2, -0.15) is 0 Å². The third-order valence-electron chi connectivity index (χ3n) is 2.72. The summed E-state index contributed by atoms with van der Waals surface area (Å²) in [6.45, 7) is 4.71. The third kappa shape index (κ3) is 5.05. The molecule has 1 atom stereocenters. The van der Waals surface area contributed by atoms with Crippen LogP contribution in [0.2, 0.25) is 0 Å². The predicted octanol–water partition coefficient (Wildman–Crippen LogP) is 1.77. The zero-order valence-electron chi connectivity index (χ0n) is 11.2. The average molecular weight is 265 g/mol. The number of rotatable bonds is 7. The highest BCUT2D eigenvalue weighted by Crippen LogP contribution is 2.18. The minimum absolute atomic E-state index is 0.0570. The fourth-order valence-corrected chi connectivity index (χ4v) is 1.60. The Morgan fingerprint density at radius 3 is 2.84 bits per heavy atom. The number of amides is 1. The number of nitro benzene ring substituents is 1. The Morgan fingerprint density at radius 1 is 1.47 bits per heavy atom. The molecule has 0 fully saturated rings. The van der Waals surface area contributed by atoms with E-state index in [0.29, 0.717) is 6.54 Å². The Hall–Kier alpha value is -1.95. The molecule has 0 heterocycles. The molecule has 1 amide bonds. The highest BCUT2D eigenvalue weighted by molar-refractivity contribution is 5.77. The molecule has 2 N–H and O–H groups in total. The summed E-state index contributed by atoms with van der Waals surface area (Å²) in [5.74, 6) is -0.0702. The first-order valence-corrected chi connectivity index (χ1v) is 6.29. The molecule has 0 aliphatic heterocycles. The van der Waals surface area contributed by atoms with Crippen molar-refractivity contribution in [2.45, 2.75) is 26.3 Å². The Balaban J connectivity index is 2.53. The number of hydrogen-bond acceptors (Lipinski definition) is 4. The molecule has 0 saturated heterocycles. The number of nitrogens with one attached hydrogen (secondary N) is 2. The van der Waals surface area contributed by atoms with Gasteiger partial charge in [0.1, 0.15) is 0 Å². The lowest BCUT2D eigenvalue weighted by Crippen LogP contribution is -2.35. The zero-order chi connectivity index (χ0) is 14.3. The van der Waals surface area contributed by atoms with E-state index in [1.165, 1.54) is 12.1 Å². The van der Waals surface area contributed by atoms with Gasteiger partial charge in [0.2, 0.25) is 5.91 Å². The molecule has 0 aliphatic rings. The van der Waals surface area contributed by atoms with Crippen LogP contribution in [0.4, 0.5) is 5.69 Å². The van der Waals surface area contributed by atoms with E-state index in [9.17, 15) is 14.9 Å². The van der Waals surface area contributed by atoms with Crippen LogP contribution in [0, 0.1) is 10.1 Å². The average Bonchev–Trinajstić information content (AvgIpc) is 2.42. The van der Waals surface area contributed by atoms with Gasteiger partial charge in [-0.1, -0.05) is 19.1 Å². The number of carbonyl (C=O) groups is 1. The van der Waals surface area contributed by atoms with Gasteiger partial charge in [-0.15, -0.1) is 0 Å². The fraction of sp³-hybridized carbons (Fsp3) is 0.462. The molecule has 6 nitrogen and oxygen atoms in total. The van der Waals surface area contributed by atoms with Crippen LogP contribution in [0.15, 0.2) is 24.3 Å². The zero-order valence-corrected chi connectivity index (χ0v) is 11.2. The van der Waals surface area contributed by atoms with E-state index in [1.54, 1.807) is 12.1 Å². The van der Waals surface area contributed by atoms with E-state index in [2.05, 4.69) is 10.6 Å². The molecular weight excluding hydrogens is 246 g/mol. The second-order valence-electron chi connectivity index (χ2n) is 4.30. The first-order chi connectivity index (χ1) is 9.04. The largest absolute Gasteiger partial charge is 0.355 e. The third-order valence-corrected chi connectivity index (χ3v) is 2.72. The quantitative estimate of drug-likeness (QED) is 0.581. The van der Waals surface area contributed by atoms with E-state index in [1.807, 2.05) is 13.8 Å². The van der Waals surface area contributed by atoms with E-state index in [0.717, 1.165) is 12.0 Å². The minimum Gasteiger partial charge on any atom is -0.355 e. The Kier molecular flexibility index (Phi) is 5.95. The molecule has 1 unspecified atom stereocenters. The Labute approximate surface area is 112 Å². The summed E-state index contributed by atoms with van der Waals surface area (Å²) in [5.41, 5.74) is 0.846. The van der Waals surface area contributed by atoms with Crippen LogP contribution < -0.4 is 10.6 Å². The molecule has 104 valence electrons. The lowest BCUT2D eigenvalue weighted by molar-refractivity contribution is -0.384. The predicted molar refractivity (Wildman–Crippen MR) is 72.8 cm³/mol. The van der Waals surface area contributed by atoms with Crippen molar-refractivity contribution in [2.24, 2.45) is 0 Å². The number of non-ortho nitro benzene ring substituents is 1. The molecule has 0 aromatic heterocycles. The van der Waals surface area contributed by atoms with Crippen LogP contribution in [0.1, 0.15) is 31.9 Å². The van der Waals surface area contributed by atoms with Gasteiger partial charge in [-0.3, -0.25) is 14.9 Å². The molecule has 0 aliphatic carbocycles. The van der Waals surface area contributed by atoms with Gasteiger partial charge in [-0.05, 0) is 18.9 Å². The van der Waals surface area contributed by atoms with Crippen molar-refractivity contribution in [3.63, 3.8) is 0 Å². The van der Waals surface area contributed by atoms with Crippen molar-refractivity contribution in [1.29, 1.82) is 0 Å². The lowest BCUT2D eigenvalue weighted by atomic mass is 10.1. The second-order valence-corrected chi connectivity index (χ2v) is 4.30. The van der Waals surface area contributed by atoms with Crippen molar-refractivity contribution in [3.8, 4) is 0 Å². The first-order valence-electron chi connectivity index (χ1n) is 6.29. The summed E-state index contributed by atoms with van der Waals surface area (Å²) in [4.78, 5) is 21.7. The van der Waals surface area contributed by atoms with Gasteiger partial charge >= 0.3 is 0 Å². The standard InChI is InChI=1S/C13H19N3O3/c1-3-7-14-13(17)9-15-10(2)11-5-4-6-12(8-11)16(18)19/h4-6,8,10,15H,3,7,9H2,1-2H3,(H,14,17). The smallest absolute Gasteiger partial charge is 0.269 e. The number of hydrogen-bond donors (Lipinski definition) is 2. The molecule has 0 bridgehead atoms. The van der Waals surface area contributed by atoms with E-state index >= 15 is 0 Å². The first kappa shape index (κ1) is 15.1. The van der Waals surface area contributed by atoms with E-state index in [-0.39, 0.29) is 24.2 Å². The van der Waals surface area contributed by atoms with Gasteiger partial charge in [0.05, 0.1) is 11.5 Å². The van der Waals surface area contributed by atoms with E-state index in [4.69, 9.17) is 0 Å². The molecular formula is C13H19N3O3. The summed E-state index contributed by atoms with van der Waals surface area (Å²) in [5, 5.41) is 16.5. The highest BCUT2D eigenvalue weighted by Gasteiger charge is 2.11. The molecule has 6 heteroatoms. The second kappa shape index (κ2) is 7.48. The van der Waals surface area contributed by atoms with Crippen molar-refractivity contribution >= 4 is 11.6 Å². The van der Waals surface area contributed by atoms with Gasteiger partial charge < -0.3 is 10.6 Å². The van der Waals surface area contributed by atoms with Crippen molar-refractivity contribution < 1.29 is 9.72 Å². The topological polar surface area (TPSA) is 84.3 Å². The van der Waals surface area contributed by atoms with Gasteiger partial charge in [0.15, 0.2) is 0 Å². The van der Waals surface area contributed by atoms with Gasteiger partial charge in [0.25, 0.3) is 5.69 Å². The molecule has 0 saturated carbocycles. The molecule has 0 spiro atoms. The van der Waals surface area contributed by atoms with Gasteiger partial charge in [-0.25, -0.2) is 0 Å². The summed E-state index contributed by atoms with van der Waals surface area (Å²) in [6, 6.07) is 6.29. The van der Waals surface area contributed by atoms with Crippen LogP contribution in [0.3, 0.4) is 0 Å². The van der Waals surface area contributed by atoms with Crippen LogP contribution in [0.5, 0.6) is 0 Å². The lowest BCUT2D eigenvalue weighted by Gasteiger charge is -2.13. The fourth-order valence-electron chi connectivity index (χ4n) is 1.60. The number of nitro groups is 1. The van der Waals surface area contributed by atoms with Crippen LogP contribution in [-0.2, 0) is 4.79 Å². The summed E-state index contributed by atoms with van der Waals surface area (Å²) in [7, 11) is 0. The monoisotopic (exact) mass is 265 g/mol. The van der Waals surface area contributed by atoms with Gasteiger partial charge in [0, 0.05) is 24.7 Å². The van der Waals surface area contributed by atoms with E-state index < -0.39 is 4.92 Å². The summed E-state index contributed by atoms with van der Waals surface area (Å²) < 4.78 is 0. The molecule has 1 aromatic carbocycles. The normalized spacial score (nSPS) is 11.9. The summed E-state index contributed by atoms with van der Waals surface area (Å²) in [6.07, 6.45) is 0.895. The van der Waals surface area contributed by atoms with Crippen LogP contribution in [0.25, 0.3) is 0 Å². The maximum atomic E-state index is 11.4. The van der Waals surface area contributed by atoms with Crippen LogP contribution >= 0.6 is 0 Å². The number of benzene rings is 1. The van der Waals surface area contributed by atoms with Crippen molar-refractivity contribution in [1.82, 2.24) is 10.6 Å². The van der Waals surface area contributed by atoms with Crippen molar-refractivity contribution in [2.75, 3.05) is 13.1 Å². The SMILES string of the molecule is CCCNC(=O)CNC(C)c1cccc([N+](=O)[O-])c1.